The zero-order chi connectivity index (χ0) is 12.8. The predicted octanol–water partition coefficient (Wildman–Crippen LogP) is 2.77. The molecule has 0 bridgehead atoms. The van der Waals surface area contributed by atoms with E-state index in [1.54, 1.807) is 0 Å². The molecule has 1 aromatic rings. The van der Waals surface area contributed by atoms with Crippen LogP contribution >= 0.6 is 11.6 Å². The summed E-state index contributed by atoms with van der Waals surface area (Å²) in [6, 6.07) is 4.28. The highest BCUT2D eigenvalue weighted by molar-refractivity contribution is 6.34. The van der Waals surface area contributed by atoms with Gasteiger partial charge in [0.1, 0.15) is 6.61 Å². The van der Waals surface area contributed by atoms with E-state index in [-0.39, 0.29) is 22.9 Å². The third kappa shape index (κ3) is 3.49. The second-order valence-corrected chi connectivity index (χ2v) is 3.39. The third-order valence-corrected chi connectivity index (χ3v) is 2.12. The molecule has 90 valence electrons. The van der Waals surface area contributed by atoms with Crippen molar-refractivity contribution in [2.24, 2.45) is 0 Å². The van der Waals surface area contributed by atoms with Crippen LogP contribution in [-0.4, -0.2) is 23.8 Å². The topological polar surface area (TPSA) is 75.6 Å². The van der Waals surface area contributed by atoms with Crippen LogP contribution in [0.5, 0.6) is 0 Å². The predicted molar refractivity (Wildman–Crippen MR) is 63.6 cm³/mol. The number of aromatic carboxylic acids is 1. The lowest BCUT2D eigenvalue weighted by molar-refractivity contribution is 0.0698. The third-order valence-electron chi connectivity index (χ3n) is 1.80. The van der Waals surface area contributed by atoms with Gasteiger partial charge in [-0.05, 0) is 12.1 Å². The minimum atomic E-state index is -1.19. The van der Waals surface area contributed by atoms with Gasteiger partial charge in [-0.1, -0.05) is 30.3 Å². The quantitative estimate of drug-likeness (QED) is 0.811. The van der Waals surface area contributed by atoms with Crippen molar-refractivity contribution < 1.29 is 19.4 Å². The van der Waals surface area contributed by atoms with Gasteiger partial charge in [0.05, 0.1) is 16.3 Å². The molecule has 1 rings (SSSR count). The smallest absolute Gasteiger partial charge is 0.412 e. The van der Waals surface area contributed by atoms with Gasteiger partial charge in [0.15, 0.2) is 0 Å². The number of ether oxygens (including phenoxy) is 1. The van der Waals surface area contributed by atoms with Gasteiger partial charge in [-0.15, -0.1) is 0 Å². The summed E-state index contributed by atoms with van der Waals surface area (Å²) in [4.78, 5) is 22.2. The van der Waals surface area contributed by atoms with Crippen LogP contribution in [0.2, 0.25) is 5.02 Å². The summed E-state index contributed by atoms with van der Waals surface area (Å²) in [7, 11) is 0. The van der Waals surface area contributed by atoms with E-state index in [1.807, 2.05) is 0 Å². The fraction of sp³-hybridized carbons (Fsp3) is 0.0909. The van der Waals surface area contributed by atoms with Crippen molar-refractivity contribution in [1.29, 1.82) is 0 Å². The minimum Gasteiger partial charge on any atom is -0.478 e. The zero-order valence-electron chi connectivity index (χ0n) is 8.77. The van der Waals surface area contributed by atoms with Crippen LogP contribution in [0.25, 0.3) is 0 Å². The molecule has 0 atom stereocenters. The second-order valence-electron chi connectivity index (χ2n) is 2.98. The maximum Gasteiger partial charge on any atom is 0.412 e. The Morgan fingerprint density at radius 2 is 2.24 bits per heavy atom. The highest BCUT2D eigenvalue weighted by Crippen LogP contribution is 2.26. The Morgan fingerprint density at radius 3 is 2.82 bits per heavy atom. The highest BCUT2D eigenvalue weighted by atomic mass is 35.5. The number of carbonyl (C=O) groups is 2. The first-order chi connectivity index (χ1) is 8.06. The molecule has 6 heteroatoms. The number of nitrogens with one attached hydrogen (secondary N) is 1. The lowest BCUT2D eigenvalue weighted by atomic mass is 10.2. The summed E-state index contributed by atoms with van der Waals surface area (Å²) in [6.45, 7) is 3.40. The molecule has 0 aliphatic rings. The van der Waals surface area contributed by atoms with E-state index < -0.39 is 12.1 Å². The fourth-order valence-corrected chi connectivity index (χ4v) is 1.32. The number of carboxylic acids is 1. The summed E-state index contributed by atoms with van der Waals surface area (Å²) in [6.07, 6.45) is 0.602. The number of hydrogen-bond donors (Lipinski definition) is 2. The number of rotatable bonds is 4. The number of anilines is 1. The number of carboxylic acid groups (broad SMARTS) is 1. The summed E-state index contributed by atoms with van der Waals surface area (Å²) >= 11 is 5.80. The Bertz CT molecular complexity index is 459. The molecule has 2 N–H and O–H groups in total. The first-order valence-electron chi connectivity index (χ1n) is 4.62. The van der Waals surface area contributed by atoms with Gasteiger partial charge < -0.3 is 9.84 Å². The molecule has 1 amide bonds. The molecule has 1 aromatic carbocycles. The summed E-state index contributed by atoms with van der Waals surface area (Å²) in [5, 5.41) is 11.3. The number of carbonyl (C=O) groups excluding carboxylic acids is 1. The Balaban J connectivity index is 2.92. The summed E-state index contributed by atoms with van der Waals surface area (Å²) < 4.78 is 4.67. The maximum absolute atomic E-state index is 11.3. The van der Waals surface area contributed by atoms with Crippen molar-refractivity contribution in [3.8, 4) is 0 Å². The monoisotopic (exact) mass is 255 g/mol. The molecule has 0 aliphatic carbocycles. The molecule has 5 nitrogen and oxygen atoms in total. The molecular weight excluding hydrogens is 246 g/mol. The SMILES string of the molecule is C=CCOC(=O)Nc1c(Cl)cccc1C(=O)O. The average Bonchev–Trinajstić information content (AvgIpc) is 2.28. The number of benzene rings is 1. The van der Waals surface area contributed by atoms with E-state index in [0.29, 0.717) is 0 Å². The van der Waals surface area contributed by atoms with Crippen molar-refractivity contribution in [1.82, 2.24) is 0 Å². The first kappa shape index (κ1) is 13.1. The molecule has 0 fully saturated rings. The molecular formula is C11H10ClNO4. The fourth-order valence-electron chi connectivity index (χ4n) is 1.10. The van der Waals surface area contributed by atoms with Crippen LogP contribution in [0.4, 0.5) is 10.5 Å². The van der Waals surface area contributed by atoms with Crippen molar-refractivity contribution >= 4 is 29.4 Å². The van der Waals surface area contributed by atoms with Crippen molar-refractivity contribution in [3.05, 3.63) is 41.4 Å². The van der Waals surface area contributed by atoms with E-state index >= 15 is 0 Å². The Labute approximate surface area is 103 Å². The van der Waals surface area contributed by atoms with Crippen LogP contribution in [0, 0.1) is 0 Å². The minimum absolute atomic E-state index is 0.00993. The summed E-state index contributed by atoms with van der Waals surface area (Å²) in [5.74, 6) is -1.19. The normalized spacial score (nSPS) is 9.47. The summed E-state index contributed by atoms with van der Waals surface area (Å²) in [5.41, 5.74) is -0.0937. The van der Waals surface area contributed by atoms with Crippen molar-refractivity contribution in [3.63, 3.8) is 0 Å². The molecule has 0 aliphatic heterocycles. The maximum atomic E-state index is 11.3. The van der Waals surface area contributed by atoms with Crippen LogP contribution in [0.1, 0.15) is 10.4 Å². The molecule has 0 radical (unpaired) electrons. The molecule has 0 spiro atoms. The Kier molecular flexibility index (Phi) is 4.54. The largest absolute Gasteiger partial charge is 0.478 e. The number of hydrogen-bond acceptors (Lipinski definition) is 3. The van der Waals surface area contributed by atoms with Gasteiger partial charge in [-0.2, -0.15) is 0 Å². The highest BCUT2D eigenvalue weighted by Gasteiger charge is 2.15. The lowest BCUT2D eigenvalue weighted by Gasteiger charge is -2.09. The van der Waals surface area contributed by atoms with Crippen molar-refractivity contribution in [2.75, 3.05) is 11.9 Å². The van der Waals surface area contributed by atoms with E-state index in [1.165, 1.54) is 24.3 Å². The zero-order valence-corrected chi connectivity index (χ0v) is 9.53. The van der Waals surface area contributed by atoms with E-state index in [4.69, 9.17) is 16.7 Å². The van der Waals surface area contributed by atoms with Crippen LogP contribution in [0.15, 0.2) is 30.9 Å². The van der Waals surface area contributed by atoms with E-state index in [2.05, 4.69) is 16.6 Å². The van der Waals surface area contributed by atoms with Gasteiger partial charge in [0.25, 0.3) is 0 Å². The Morgan fingerprint density at radius 1 is 1.53 bits per heavy atom. The average molecular weight is 256 g/mol. The second kappa shape index (κ2) is 5.91. The molecule has 0 aromatic heterocycles. The molecule has 0 heterocycles. The number of amides is 1. The van der Waals surface area contributed by atoms with Crippen LogP contribution in [-0.2, 0) is 4.74 Å². The molecule has 0 saturated carbocycles. The van der Waals surface area contributed by atoms with Gasteiger partial charge in [-0.25, -0.2) is 9.59 Å². The van der Waals surface area contributed by atoms with Crippen LogP contribution in [0.3, 0.4) is 0 Å². The standard InChI is InChI=1S/C11H10ClNO4/c1-2-6-17-11(16)13-9-7(10(14)15)4-3-5-8(9)12/h2-5H,1,6H2,(H,13,16)(H,14,15). The molecule has 0 saturated heterocycles. The number of para-hydroxylation sites is 1. The van der Waals surface area contributed by atoms with Crippen LogP contribution < -0.4 is 5.32 Å². The van der Waals surface area contributed by atoms with E-state index in [0.717, 1.165) is 0 Å². The molecule has 17 heavy (non-hydrogen) atoms. The van der Waals surface area contributed by atoms with Crippen molar-refractivity contribution in [2.45, 2.75) is 0 Å². The van der Waals surface area contributed by atoms with E-state index in [9.17, 15) is 9.59 Å². The number of halogens is 1. The van der Waals surface area contributed by atoms with Gasteiger partial charge in [-0.3, -0.25) is 5.32 Å². The van der Waals surface area contributed by atoms with Gasteiger partial charge in [0, 0.05) is 0 Å². The molecule has 0 unspecified atom stereocenters. The van der Waals surface area contributed by atoms with Gasteiger partial charge in [0.2, 0.25) is 0 Å². The lowest BCUT2D eigenvalue weighted by Crippen LogP contribution is -2.16. The Hall–Kier alpha value is -2.01. The first-order valence-corrected chi connectivity index (χ1v) is 5.00. The van der Waals surface area contributed by atoms with Gasteiger partial charge >= 0.3 is 12.1 Å².